The lowest BCUT2D eigenvalue weighted by Crippen LogP contribution is -3.12. The maximum Gasteiger partial charge on any atom is 0.148 e. The minimum Gasteiger partial charge on any atom is -0.374 e. The number of piperidine rings is 1. The molecule has 18 heavy (non-hydrogen) atoms. The Balaban J connectivity index is 1.95. The van der Waals surface area contributed by atoms with Crippen molar-refractivity contribution in [2.45, 2.75) is 31.8 Å². The third-order valence-electron chi connectivity index (χ3n) is 3.57. The maximum atomic E-state index is 10.3. The quantitative estimate of drug-likeness (QED) is 0.744. The van der Waals surface area contributed by atoms with E-state index in [0.717, 1.165) is 12.1 Å². The van der Waals surface area contributed by atoms with E-state index in [1.807, 2.05) is 30.3 Å². The molecule has 1 aromatic rings. The van der Waals surface area contributed by atoms with Crippen LogP contribution in [0, 0.1) is 11.8 Å². The van der Waals surface area contributed by atoms with Crippen molar-refractivity contribution in [2.24, 2.45) is 0 Å². The summed E-state index contributed by atoms with van der Waals surface area (Å²) < 4.78 is 0. The zero-order valence-corrected chi connectivity index (χ0v) is 11.1. The smallest absolute Gasteiger partial charge is 0.148 e. The third-order valence-corrected chi connectivity index (χ3v) is 3.57. The van der Waals surface area contributed by atoms with Gasteiger partial charge in [0, 0.05) is 0 Å². The molecule has 1 fully saturated rings. The Morgan fingerprint density at radius 1 is 1.17 bits per heavy atom. The Morgan fingerprint density at radius 3 is 2.50 bits per heavy atom. The molecule has 0 aromatic heterocycles. The first-order valence-electron chi connectivity index (χ1n) is 6.80. The summed E-state index contributed by atoms with van der Waals surface area (Å²) in [6.07, 6.45) is 3.98. The van der Waals surface area contributed by atoms with Crippen LogP contribution in [0.5, 0.6) is 0 Å². The lowest BCUT2D eigenvalue weighted by Gasteiger charge is -2.21. The van der Waals surface area contributed by atoms with Gasteiger partial charge in [-0.2, -0.15) is 0 Å². The van der Waals surface area contributed by atoms with Crippen molar-refractivity contribution in [3.63, 3.8) is 0 Å². The molecule has 0 unspecified atom stereocenters. The molecule has 1 aromatic carbocycles. The second-order valence-corrected chi connectivity index (χ2v) is 5.23. The largest absolute Gasteiger partial charge is 0.374 e. The average molecular weight is 244 g/mol. The molecule has 96 valence electrons. The summed E-state index contributed by atoms with van der Waals surface area (Å²) in [5.74, 6) is 6.16. The van der Waals surface area contributed by atoms with E-state index in [4.69, 9.17) is 0 Å². The fourth-order valence-electron chi connectivity index (χ4n) is 2.40. The molecule has 0 radical (unpaired) electrons. The van der Waals surface area contributed by atoms with Crippen molar-refractivity contribution in [3.8, 4) is 11.8 Å². The Kier molecular flexibility index (Phi) is 4.41. The summed E-state index contributed by atoms with van der Waals surface area (Å²) in [6.45, 7) is 5.06. The van der Waals surface area contributed by atoms with E-state index in [-0.39, 0.29) is 0 Å². The zero-order chi connectivity index (χ0) is 12.8. The molecular weight excluding hydrogens is 222 g/mol. The van der Waals surface area contributed by atoms with Gasteiger partial charge in [-0.05, 0) is 37.7 Å². The summed E-state index contributed by atoms with van der Waals surface area (Å²) in [5, 5.41) is 10.3. The lowest BCUT2D eigenvalue weighted by molar-refractivity contribution is -0.897. The van der Waals surface area contributed by atoms with Crippen LogP contribution < -0.4 is 4.90 Å². The highest BCUT2D eigenvalue weighted by molar-refractivity contribution is 5.30. The van der Waals surface area contributed by atoms with Gasteiger partial charge in [0.05, 0.1) is 13.1 Å². The second-order valence-electron chi connectivity index (χ2n) is 5.23. The minimum absolute atomic E-state index is 0.850. The molecule has 1 aliphatic rings. The maximum absolute atomic E-state index is 10.3. The number of hydrogen-bond donors (Lipinski definition) is 2. The van der Waals surface area contributed by atoms with Crippen molar-refractivity contribution in [3.05, 3.63) is 35.9 Å². The Hall–Kier alpha value is -1.30. The molecule has 1 atom stereocenters. The number of quaternary nitrogens is 1. The molecule has 0 saturated carbocycles. The fourth-order valence-corrected chi connectivity index (χ4v) is 2.40. The zero-order valence-electron chi connectivity index (χ0n) is 11.1. The van der Waals surface area contributed by atoms with Crippen LogP contribution in [0.1, 0.15) is 31.7 Å². The average Bonchev–Trinajstić information content (AvgIpc) is 2.41. The van der Waals surface area contributed by atoms with Gasteiger partial charge in [0.2, 0.25) is 0 Å². The first-order chi connectivity index (χ1) is 8.68. The number of benzene rings is 1. The van der Waals surface area contributed by atoms with Crippen LogP contribution in [0.25, 0.3) is 0 Å². The van der Waals surface area contributed by atoms with E-state index in [2.05, 4.69) is 11.8 Å². The van der Waals surface area contributed by atoms with Crippen molar-refractivity contribution >= 4 is 0 Å². The fraction of sp³-hybridized carbons (Fsp3) is 0.500. The topological polar surface area (TPSA) is 24.7 Å². The van der Waals surface area contributed by atoms with Gasteiger partial charge in [-0.3, -0.25) is 0 Å². The van der Waals surface area contributed by atoms with Gasteiger partial charge < -0.3 is 10.0 Å². The third kappa shape index (κ3) is 3.60. The Morgan fingerprint density at radius 2 is 1.83 bits per heavy atom. The highest BCUT2D eigenvalue weighted by atomic mass is 16.3. The summed E-state index contributed by atoms with van der Waals surface area (Å²) >= 11 is 0. The van der Waals surface area contributed by atoms with Crippen molar-refractivity contribution in [1.29, 1.82) is 0 Å². The van der Waals surface area contributed by atoms with Crippen LogP contribution in [0.4, 0.5) is 0 Å². The van der Waals surface area contributed by atoms with Gasteiger partial charge in [-0.25, -0.2) is 0 Å². The van der Waals surface area contributed by atoms with Crippen LogP contribution in [0.2, 0.25) is 0 Å². The van der Waals surface area contributed by atoms with Crippen molar-refractivity contribution < 1.29 is 10.0 Å². The van der Waals surface area contributed by atoms with Crippen LogP contribution >= 0.6 is 0 Å². The Bertz CT molecular complexity index is 421. The molecule has 2 rings (SSSR count). The molecule has 0 bridgehead atoms. The first kappa shape index (κ1) is 13.1. The molecule has 1 heterocycles. The number of nitrogens with one attached hydrogen (secondary N) is 1. The van der Waals surface area contributed by atoms with Gasteiger partial charge in [-0.1, -0.05) is 36.3 Å². The highest BCUT2D eigenvalue weighted by Crippen LogP contribution is 2.18. The number of aliphatic hydroxyl groups is 1. The molecular formula is C16H22NO+. The number of likely N-dealkylation sites (tertiary alicyclic amines) is 1. The summed E-state index contributed by atoms with van der Waals surface area (Å²) in [5.41, 5.74) is -0.164. The van der Waals surface area contributed by atoms with Gasteiger partial charge in [0.25, 0.3) is 0 Å². The molecule has 2 nitrogen and oxygen atoms in total. The first-order valence-corrected chi connectivity index (χ1v) is 6.80. The van der Waals surface area contributed by atoms with Gasteiger partial charge in [0.1, 0.15) is 12.1 Å². The van der Waals surface area contributed by atoms with E-state index in [1.54, 1.807) is 11.8 Å². The predicted octanol–water partition coefficient (Wildman–Crippen LogP) is 0.966. The molecule has 0 spiro atoms. The van der Waals surface area contributed by atoms with E-state index in [9.17, 15) is 5.11 Å². The van der Waals surface area contributed by atoms with Crippen molar-refractivity contribution in [1.82, 2.24) is 0 Å². The number of hydrogen-bond acceptors (Lipinski definition) is 1. The molecule has 0 aliphatic carbocycles. The molecule has 2 heteroatoms. The van der Waals surface area contributed by atoms with E-state index >= 15 is 0 Å². The minimum atomic E-state index is -1.03. The monoisotopic (exact) mass is 244 g/mol. The van der Waals surface area contributed by atoms with E-state index in [1.165, 1.54) is 32.4 Å². The SMILES string of the molecule is C[C@@](O)(C#CC[NH+]1CCCCC1)c1ccccc1. The lowest BCUT2D eigenvalue weighted by atomic mass is 9.97. The molecule has 1 saturated heterocycles. The standard InChI is InChI=1S/C16H21NO/c1-16(18,15-9-4-2-5-10-15)11-8-14-17-12-6-3-7-13-17/h2,4-5,9-10,18H,3,6-7,12-14H2,1H3/p+1/t16-/m1/s1. The normalized spacial score (nSPS) is 19.7. The molecule has 0 amide bonds. The molecule has 1 aliphatic heterocycles. The highest BCUT2D eigenvalue weighted by Gasteiger charge is 2.19. The predicted molar refractivity (Wildman–Crippen MR) is 73.2 cm³/mol. The van der Waals surface area contributed by atoms with Gasteiger partial charge in [0.15, 0.2) is 0 Å². The second kappa shape index (κ2) is 6.04. The summed E-state index contributed by atoms with van der Waals surface area (Å²) in [4.78, 5) is 1.55. The number of rotatable bonds is 2. The van der Waals surface area contributed by atoms with E-state index < -0.39 is 5.60 Å². The van der Waals surface area contributed by atoms with Crippen LogP contribution in [0.3, 0.4) is 0 Å². The van der Waals surface area contributed by atoms with E-state index in [0.29, 0.717) is 0 Å². The van der Waals surface area contributed by atoms with Crippen LogP contribution in [-0.4, -0.2) is 24.7 Å². The van der Waals surface area contributed by atoms with Gasteiger partial charge >= 0.3 is 0 Å². The molecule has 2 N–H and O–H groups in total. The van der Waals surface area contributed by atoms with Crippen molar-refractivity contribution in [2.75, 3.05) is 19.6 Å². The summed E-state index contributed by atoms with van der Waals surface area (Å²) in [6, 6.07) is 9.65. The summed E-state index contributed by atoms with van der Waals surface area (Å²) in [7, 11) is 0. The van der Waals surface area contributed by atoms with Gasteiger partial charge in [-0.15, -0.1) is 0 Å². The Labute approximate surface area is 110 Å². The van der Waals surface area contributed by atoms with Crippen LogP contribution in [0.15, 0.2) is 30.3 Å². The van der Waals surface area contributed by atoms with Crippen LogP contribution in [-0.2, 0) is 5.60 Å².